The number of piperidine rings is 1. The summed E-state index contributed by atoms with van der Waals surface area (Å²) in [6.45, 7) is 8.48. The molecule has 0 bridgehead atoms. The van der Waals surface area contributed by atoms with Crippen LogP contribution >= 0.6 is 0 Å². The Bertz CT molecular complexity index is 615. The molecule has 2 heterocycles. The maximum Gasteiger partial charge on any atom is 0.315 e. The van der Waals surface area contributed by atoms with E-state index in [1.54, 1.807) is 0 Å². The fourth-order valence-electron chi connectivity index (χ4n) is 3.49. The van der Waals surface area contributed by atoms with Crippen LogP contribution in [0.4, 0.5) is 4.79 Å². The molecule has 6 heteroatoms. The van der Waals surface area contributed by atoms with Crippen molar-refractivity contribution in [2.45, 2.75) is 71.4 Å². The molecule has 1 aliphatic heterocycles. The number of amides is 2. The van der Waals surface area contributed by atoms with Gasteiger partial charge in [-0.05, 0) is 57.0 Å². The van der Waals surface area contributed by atoms with Crippen LogP contribution in [0.1, 0.15) is 64.4 Å². The number of carbonyl (C=O) groups is 1. The zero-order chi connectivity index (χ0) is 20.7. The quantitative estimate of drug-likeness (QED) is 0.405. The van der Waals surface area contributed by atoms with Crippen molar-refractivity contribution >= 4 is 6.03 Å². The highest BCUT2D eigenvalue weighted by molar-refractivity contribution is 5.74. The van der Waals surface area contributed by atoms with Crippen LogP contribution in [0.3, 0.4) is 0 Å². The summed E-state index contributed by atoms with van der Waals surface area (Å²) in [4.78, 5) is 18.6. The summed E-state index contributed by atoms with van der Waals surface area (Å²) in [7, 11) is 0. The molecule has 6 nitrogen and oxygen atoms in total. The van der Waals surface area contributed by atoms with Crippen LogP contribution in [0.2, 0.25) is 0 Å². The van der Waals surface area contributed by atoms with Crippen LogP contribution in [0.5, 0.6) is 5.88 Å². The largest absolute Gasteiger partial charge is 0.473 e. The maximum atomic E-state index is 11.8. The highest BCUT2D eigenvalue weighted by Gasteiger charge is 2.11. The second-order valence-electron chi connectivity index (χ2n) is 7.87. The fourth-order valence-corrected chi connectivity index (χ4v) is 3.49. The van der Waals surface area contributed by atoms with Gasteiger partial charge in [0.2, 0.25) is 5.88 Å². The van der Waals surface area contributed by atoms with Gasteiger partial charge in [-0.3, -0.25) is 4.90 Å². The van der Waals surface area contributed by atoms with Crippen molar-refractivity contribution in [3.63, 3.8) is 0 Å². The smallest absolute Gasteiger partial charge is 0.315 e. The van der Waals surface area contributed by atoms with Gasteiger partial charge in [0.05, 0.1) is 0 Å². The Labute approximate surface area is 176 Å². The van der Waals surface area contributed by atoms with E-state index in [1.165, 1.54) is 50.8 Å². The lowest BCUT2D eigenvalue weighted by Crippen LogP contribution is -2.40. The Morgan fingerprint density at radius 1 is 1.28 bits per heavy atom. The Hall–Kier alpha value is -2.08. The summed E-state index contributed by atoms with van der Waals surface area (Å²) in [5.74, 6) is 0.649. The number of carbonyl (C=O) groups excluding carboxylic acids is 1. The highest BCUT2D eigenvalue weighted by Crippen LogP contribution is 2.15. The van der Waals surface area contributed by atoms with E-state index in [4.69, 9.17) is 4.74 Å². The van der Waals surface area contributed by atoms with Crippen molar-refractivity contribution in [3.05, 3.63) is 36.0 Å². The zero-order valence-corrected chi connectivity index (χ0v) is 18.2. The molecular formula is C23H38N4O2. The van der Waals surface area contributed by atoms with Gasteiger partial charge in [0.1, 0.15) is 6.61 Å². The molecule has 0 radical (unpaired) electrons. The number of aromatic nitrogens is 1. The first-order valence-corrected chi connectivity index (χ1v) is 11.2. The second kappa shape index (κ2) is 14.0. The summed E-state index contributed by atoms with van der Waals surface area (Å²) < 4.78 is 5.72. The number of hydrogen-bond donors (Lipinski definition) is 2. The third-order valence-electron chi connectivity index (χ3n) is 5.15. The molecule has 1 atom stereocenters. The molecule has 1 fully saturated rings. The number of ether oxygens (including phenoxy) is 1. The van der Waals surface area contributed by atoms with Crippen molar-refractivity contribution in [3.8, 4) is 5.88 Å². The molecular weight excluding hydrogens is 364 g/mol. The molecule has 1 unspecified atom stereocenters. The predicted molar refractivity (Wildman–Crippen MR) is 118 cm³/mol. The molecule has 29 heavy (non-hydrogen) atoms. The zero-order valence-electron chi connectivity index (χ0n) is 18.2. The van der Waals surface area contributed by atoms with Crippen molar-refractivity contribution in [1.29, 1.82) is 0 Å². The molecule has 1 aromatic heterocycles. The van der Waals surface area contributed by atoms with Crippen molar-refractivity contribution in [1.82, 2.24) is 20.5 Å². The summed E-state index contributed by atoms with van der Waals surface area (Å²) >= 11 is 0. The molecule has 0 spiro atoms. The Balaban J connectivity index is 1.59. The molecule has 2 amide bonds. The van der Waals surface area contributed by atoms with Gasteiger partial charge in [0, 0.05) is 31.4 Å². The Morgan fingerprint density at radius 3 is 2.90 bits per heavy atom. The third kappa shape index (κ3) is 10.3. The number of nitrogens with zero attached hydrogens (tertiary/aromatic N) is 2. The SMILES string of the molecule is CCCCCC(C)NC(=O)NCC=CCOc1cc(CN2CCCCC2)ccn1. The van der Waals surface area contributed by atoms with E-state index in [0.29, 0.717) is 19.0 Å². The number of nitrogens with one attached hydrogen (secondary N) is 2. The first-order valence-electron chi connectivity index (χ1n) is 11.2. The van der Waals surface area contributed by atoms with E-state index in [-0.39, 0.29) is 12.1 Å². The van der Waals surface area contributed by atoms with Gasteiger partial charge >= 0.3 is 6.03 Å². The summed E-state index contributed by atoms with van der Waals surface area (Å²) in [5.41, 5.74) is 1.24. The molecule has 2 N–H and O–H groups in total. The molecule has 2 rings (SSSR count). The molecule has 0 aliphatic carbocycles. The first-order chi connectivity index (χ1) is 14.2. The van der Waals surface area contributed by atoms with Gasteiger partial charge < -0.3 is 15.4 Å². The second-order valence-corrected chi connectivity index (χ2v) is 7.87. The number of urea groups is 1. The van der Waals surface area contributed by atoms with Gasteiger partial charge in [-0.25, -0.2) is 9.78 Å². The minimum absolute atomic E-state index is 0.119. The summed E-state index contributed by atoms with van der Waals surface area (Å²) in [6, 6.07) is 4.17. The standard InChI is InChI=1S/C23H38N4O2/c1-3-4-6-11-20(2)26-23(28)25-13-7-10-17-29-22-18-21(12-14-24-22)19-27-15-8-5-9-16-27/h7,10,12,14,18,20H,3-6,8-9,11,13,15-17,19H2,1-2H3,(H2,25,26,28). The topological polar surface area (TPSA) is 66.5 Å². The van der Waals surface area contributed by atoms with E-state index >= 15 is 0 Å². The average molecular weight is 403 g/mol. The first kappa shape index (κ1) is 23.2. The summed E-state index contributed by atoms with van der Waals surface area (Å²) in [5, 5.41) is 5.81. The molecule has 1 aromatic rings. The number of hydrogen-bond acceptors (Lipinski definition) is 4. The molecule has 162 valence electrons. The minimum Gasteiger partial charge on any atom is -0.473 e. The maximum absolute atomic E-state index is 11.8. The molecule has 1 saturated heterocycles. The molecule has 0 aromatic carbocycles. The van der Waals surface area contributed by atoms with Gasteiger partial charge in [0.15, 0.2) is 0 Å². The fraction of sp³-hybridized carbons (Fsp3) is 0.652. The highest BCUT2D eigenvalue weighted by atomic mass is 16.5. The van der Waals surface area contributed by atoms with Gasteiger partial charge in [-0.1, -0.05) is 38.7 Å². The van der Waals surface area contributed by atoms with E-state index in [1.807, 2.05) is 31.3 Å². The van der Waals surface area contributed by atoms with Crippen molar-refractivity contribution < 1.29 is 9.53 Å². The lowest BCUT2D eigenvalue weighted by Gasteiger charge is -2.26. The Kier molecular flexibility index (Phi) is 11.2. The van der Waals surface area contributed by atoms with E-state index in [9.17, 15) is 4.79 Å². The number of rotatable bonds is 12. The van der Waals surface area contributed by atoms with Crippen LogP contribution < -0.4 is 15.4 Å². The van der Waals surface area contributed by atoms with E-state index < -0.39 is 0 Å². The molecule has 1 aliphatic rings. The average Bonchev–Trinajstić information content (AvgIpc) is 2.72. The monoisotopic (exact) mass is 402 g/mol. The molecule has 0 saturated carbocycles. The lowest BCUT2D eigenvalue weighted by atomic mass is 10.1. The number of pyridine rings is 1. The van der Waals surface area contributed by atoms with E-state index in [0.717, 1.165) is 19.4 Å². The van der Waals surface area contributed by atoms with Crippen LogP contribution in [0.25, 0.3) is 0 Å². The Morgan fingerprint density at radius 2 is 2.10 bits per heavy atom. The van der Waals surface area contributed by atoms with Crippen molar-refractivity contribution in [2.24, 2.45) is 0 Å². The number of unbranched alkanes of at least 4 members (excludes halogenated alkanes) is 2. The van der Waals surface area contributed by atoms with Crippen LogP contribution in [0.15, 0.2) is 30.5 Å². The van der Waals surface area contributed by atoms with Gasteiger partial charge in [0.25, 0.3) is 0 Å². The van der Waals surface area contributed by atoms with Crippen LogP contribution in [-0.2, 0) is 6.54 Å². The lowest BCUT2D eigenvalue weighted by molar-refractivity contribution is 0.220. The predicted octanol–water partition coefficient (Wildman–Crippen LogP) is 4.27. The summed E-state index contributed by atoms with van der Waals surface area (Å²) in [6.07, 6.45) is 14.1. The van der Waals surface area contributed by atoms with Crippen LogP contribution in [0, 0.1) is 0 Å². The van der Waals surface area contributed by atoms with Crippen LogP contribution in [-0.4, -0.2) is 48.2 Å². The van der Waals surface area contributed by atoms with Gasteiger partial charge in [-0.2, -0.15) is 0 Å². The normalized spacial score (nSPS) is 15.9. The van der Waals surface area contributed by atoms with Gasteiger partial charge in [-0.15, -0.1) is 0 Å². The third-order valence-corrected chi connectivity index (χ3v) is 5.15. The number of likely N-dealkylation sites (tertiary alicyclic amines) is 1. The van der Waals surface area contributed by atoms with Crippen molar-refractivity contribution in [2.75, 3.05) is 26.2 Å². The minimum atomic E-state index is -0.119. The van der Waals surface area contributed by atoms with E-state index in [2.05, 4.69) is 33.5 Å².